The van der Waals surface area contributed by atoms with Gasteiger partial charge in [-0.05, 0) is 51.2 Å². The maximum atomic E-state index is 13.1. The Morgan fingerprint density at radius 1 is 1.24 bits per heavy atom. The lowest BCUT2D eigenvalue weighted by Gasteiger charge is -2.37. The Morgan fingerprint density at radius 2 is 1.81 bits per heavy atom. The van der Waals surface area contributed by atoms with Crippen LogP contribution in [0.3, 0.4) is 0 Å². The molecule has 1 aromatic carbocycles. The third-order valence-electron chi connectivity index (χ3n) is 4.28. The van der Waals surface area contributed by atoms with Crippen molar-refractivity contribution in [2.75, 3.05) is 6.54 Å². The molecule has 21 heavy (non-hydrogen) atoms. The van der Waals surface area contributed by atoms with Crippen LogP contribution in [0.25, 0.3) is 0 Å². The molecule has 2 rings (SSSR count). The lowest BCUT2D eigenvalue weighted by atomic mass is 10.0. The average Bonchev–Trinajstić information content (AvgIpc) is 2.36. The van der Waals surface area contributed by atoms with Gasteiger partial charge in [0, 0.05) is 12.6 Å². The fraction of sp³-hybridized carbons (Fsp3) is 0.625. The molecule has 1 heterocycles. The van der Waals surface area contributed by atoms with Crippen molar-refractivity contribution in [3.8, 4) is 0 Å². The third-order valence-corrected chi connectivity index (χ3v) is 6.53. The van der Waals surface area contributed by atoms with Gasteiger partial charge < -0.3 is 5.11 Å². The first-order valence-electron chi connectivity index (χ1n) is 7.55. The second-order valence-electron chi connectivity index (χ2n) is 6.08. The number of aliphatic hydroxyl groups excluding tert-OH is 1. The van der Waals surface area contributed by atoms with E-state index in [2.05, 4.69) is 0 Å². The summed E-state index contributed by atoms with van der Waals surface area (Å²) in [5.74, 6) is 0. The summed E-state index contributed by atoms with van der Waals surface area (Å²) in [6.07, 6.45) is 1.38. The van der Waals surface area contributed by atoms with E-state index < -0.39 is 10.0 Å². The maximum absolute atomic E-state index is 13.1. The monoisotopic (exact) mass is 311 g/mol. The largest absolute Gasteiger partial charge is 0.393 e. The minimum absolute atomic E-state index is 0.112. The Morgan fingerprint density at radius 3 is 2.33 bits per heavy atom. The summed E-state index contributed by atoms with van der Waals surface area (Å²) in [5, 5.41) is 9.79. The van der Waals surface area contributed by atoms with E-state index in [0.29, 0.717) is 24.3 Å². The van der Waals surface area contributed by atoms with E-state index in [4.69, 9.17) is 0 Å². The molecule has 4 nitrogen and oxygen atoms in total. The highest BCUT2D eigenvalue weighted by Crippen LogP contribution is 2.31. The molecule has 0 amide bonds. The first-order valence-corrected chi connectivity index (χ1v) is 8.99. The molecule has 1 N–H and O–H groups in total. The zero-order valence-corrected chi connectivity index (χ0v) is 14.1. The Kier molecular flexibility index (Phi) is 4.76. The van der Waals surface area contributed by atoms with Crippen molar-refractivity contribution in [2.24, 2.45) is 0 Å². The highest BCUT2D eigenvalue weighted by Gasteiger charge is 2.36. The highest BCUT2D eigenvalue weighted by molar-refractivity contribution is 7.89. The van der Waals surface area contributed by atoms with Gasteiger partial charge in [0.25, 0.3) is 0 Å². The van der Waals surface area contributed by atoms with Crippen LogP contribution < -0.4 is 0 Å². The minimum Gasteiger partial charge on any atom is -0.393 e. The lowest BCUT2D eigenvalue weighted by Crippen LogP contribution is -2.47. The number of benzene rings is 1. The van der Waals surface area contributed by atoms with Gasteiger partial charge in [-0.1, -0.05) is 24.6 Å². The summed E-state index contributed by atoms with van der Waals surface area (Å²) in [6, 6.07) is 3.72. The molecule has 0 aliphatic carbocycles. The number of aliphatic hydroxyl groups is 1. The zero-order valence-electron chi connectivity index (χ0n) is 13.3. The van der Waals surface area contributed by atoms with Crippen LogP contribution in [0.15, 0.2) is 17.0 Å². The number of nitrogens with zero attached hydrogens (tertiary/aromatic N) is 1. The quantitative estimate of drug-likeness (QED) is 0.933. The minimum atomic E-state index is -3.50. The van der Waals surface area contributed by atoms with E-state index in [1.807, 2.05) is 39.8 Å². The molecule has 0 unspecified atom stereocenters. The van der Waals surface area contributed by atoms with Crippen LogP contribution in [-0.4, -0.2) is 36.5 Å². The van der Waals surface area contributed by atoms with Crippen LogP contribution in [0.5, 0.6) is 0 Å². The topological polar surface area (TPSA) is 57.6 Å². The Labute approximate surface area is 127 Å². The van der Waals surface area contributed by atoms with Crippen molar-refractivity contribution in [1.82, 2.24) is 4.31 Å². The van der Waals surface area contributed by atoms with Crippen LogP contribution in [0.1, 0.15) is 42.9 Å². The van der Waals surface area contributed by atoms with Crippen LogP contribution in [-0.2, 0) is 10.0 Å². The molecule has 1 aromatic rings. The van der Waals surface area contributed by atoms with Gasteiger partial charge in [0.15, 0.2) is 0 Å². The van der Waals surface area contributed by atoms with Gasteiger partial charge in [-0.2, -0.15) is 4.31 Å². The van der Waals surface area contributed by atoms with Gasteiger partial charge in [0.1, 0.15) is 0 Å². The molecule has 1 aliphatic rings. The molecule has 1 aliphatic heterocycles. The van der Waals surface area contributed by atoms with Crippen molar-refractivity contribution in [3.05, 3.63) is 28.8 Å². The van der Waals surface area contributed by atoms with E-state index in [1.165, 1.54) is 0 Å². The summed E-state index contributed by atoms with van der Waals surface area (Å²) in [5.41, 5.74) is 2.67. The zero-order chi connectivity index (χ0) is 15.8. The summed E-state index contributed by atoms with van der Waals surface area (Å²) in [4.78, 5) is 0.433. The van der Waals surface area contributed by atoms with E-state index in [-0.39, 0.29) is 12.1 Å². The van der Waals surface area contributed by atoms with E-state index in [9.17, 15) is 13.5 Å². The Bertz CT molecular complexity index is 601. The molecule has 0 radical (unpaired) electrons. The number of rotatable bonds is 3. The fourth-order valence-corrected chi connectivity index (χ4v) is 5.53. The lowest BCUT2D eigenvalue weighted by molar-refractivity contribution is 0.0797. The van der Waals surface area contributed by atoms with Crippen LogP contribution >= 0.6 is 0 Å². The van der Waals surface area contributed by atoms with E-state index in [0.717, 1.165) is 23.1 Å². The van der Waals surface area contributed by atoms with Gasteiger partial charge in [-0.3, -0.25) is 0 Å². The highest BCUT2D eigenvalue weighted by atomic mass is 32.2. The van der Waals surface area contributed by atoms with Gasteiger partial charge >= 0.3 is 0 Å². The third kappa shape index (κ3) is 3.15. The smallest absolute Gasteiger partial charge is 0.243 e. The molecule has 2 atom stereocenters. The predicted molar refractivity (Wildman–Crippen MR) is 83.9 cm³/mol. The molecule has 1 fully saturated rings. The van der Waals surface area contributed by atoms with Gasteiger partial charge in [0.2, 0.25) is 10.0 Å². The molecule has 5 heteroatoms. The fourth-order valence-electron chi connectivity index (χ4n) is 3.39. The van der Waals surface area contributed by atoms with Gasteiger partial charge in [0.05, 0.1) is 11.0 Å². The van der Waals surface area contributed by atoms with Gasteiger partial charge in [-0.15, -0.1) is 0 Å². The van der Waals surface area contributed by atoms with Crippen LogP contribution in [0.2, 0.25) is 0 Å². The number of aryl methyl sites for hydroxylation is 3. The predicted octanol–water partition coefficient (Wildman–Crippen LogP) is 2.54. The Hall–Kier alpha value is -0.910. The second-order valence-corrected chi connectivity index (χ2v) is 7.91. The second kappa shape index (κ2) is 6.07. The Balaban J connectivity index is 2.47. The summed E-state index contributed by atoms with van der Waals surface area (Å²) in [7, 11) is -3.50. The number of hydrogen-bond donors (Lipinski definition) is 1. The normalized spacial score (nSPS) is 24.2. The maximum Gasteiger partial charge on any atom is 0.243 e. The van der Waals surface area contributed by atoms with Crippen molar-refractivity contribution in [3.63, 3.8) is 0 Å². The molecule has 0 bridgehead atoms. The summed E-state index contributed by atoms with van der Waals surface area (Å²) >= 11 is 0. The molecule has 1 saturated heterocycles. The molecule has 0 spiro atoms. The molecular formula is C16H25NO3S. The van der Waals surface area contributed by atoms with Crippen LogP contribution in [0.4, 0.5) is 0 Å². The SMILES string of the molecule is CC[C@H]1C[C@@H](O)CCN1S(=O)(=O)c1c(C)cc(C)cc1C. The molecule has 0 saturated carbocycles. The molecule has 118 valence electrons. The number of sulfonamides is 1. The van der Waals surface area contributed by atoms with Gasteiger partial charge in [-0.25, -0.2) is 8.42 Å². The summed E-state index contributed by atoms with van der Waals surface area (Å²) in [6.45, 7) is 8.05. The summed E-state index contributed by atoms with van der Waals surface area (Å²) < 4.78 is 27.7. The number of hydrogen-bond acceptors (Lipinski definition) is 3. The van der Waals surface area contributed by atoms with E-state index in [1.54, 1.807) is 4.31 Å². The number of piperidine rings is 1. The first kappa shape index (κ1) is 16.5. The van der Waals surface area contributed by atoms with Crippen molar-refractivity contribution in [1.29, 1.82) is 0 Å². The molecule has 0 aromatic heterocycles. The first-order chi connectivity index (χ1) is 9.77. The van der Waals surface area contributed by atoms with Crippen molar-refractivity contribution >= 4 is 10.0 Å². The standard InChI is InChI=1S/C16H25NO3S/c1-5-14-10-15(18)6-7-17(14)21(19,20)16-12(3)8-11(2)9-13(16)4/h8-9,14-15,18H,5-7,10H2,1-4H3/t14-,15-/m0/s1. The van der Waals surface area contributed by atoms with Crippen molar-refractivity contribution in [2.45, 2.75) is 64.0 Å². The van der Waals surface area contributed by atoms with Crippen LogP contribution in [0, 0.1) is 20.8 Å². The average molecular weight is 311 g/mol. The van der Waals surface area contributed by atoms with Crippen molar-refractivity contribution < 1.29 is 13.5 Å². The molecular weight excluding hydrogens is 286 g/mol. The van der Waals surface area contributed by atoms with E-state index >= 15 is 0 Å².